The summed E-state index contributed by atoms with van der Waals surface area (Å²) in [6, 6.07) is 0. The number of rotatable bonds is 0. The molecule has 110 valence electrons. The Bertz CT molecular complexity index is 335. The van der Waals surface area contributed by atoms with Crippen molar-refractivity contribution in [2.45, 2.75) is 63.8 Å². The maximum Gasteiger partial charge on any atom is 0.410 e. The number of likely N-dealkylation sites (tertiary alicyclic amines) is 1. The molecule has 2 aliphatic heterocycles. The average molecular weight is 271 g/mol. The first-order chi connectivity index (χ1) is 8.80. The Labute approximate surface area is 114 Å². The van der Waals surface area contributed by atoms with Gasteiger partial charge in [0.15, 0.2) is 0 Å². The Morgan fingerprint density at radius 1 is 1.47 bits per heavy atom. The van der Waals surface area contributed by atoms with Gasteiger partial charge in [-0.2, -0.15) is 0 Å². The number of hydrogen-bond donors (Lipinski definition) is 1. The summed E-state index contributed by atoms with van der Waals surface area (Å²) >= 11 is 0. The van der Waals surface area contributed by atoms with E-state index in [-0.39, 0.29) is 17.8 Å². The van der Waals surface area contributed by atoms with Gasteiger partial charge in [-0.25, -0.2) is 4.79 Å². The van der Waals surface area contributed by atoms with Crippen molar-refractivity contribution in [3.8, 4) is 0 Å². The standard InChI is InChI=1S/C14H25NO4/c1-13(2,3)19-12(17)15-7-4-6-14(10-15)9-11(16)5-8-18-14/h11,16H,4-10H2,1-3H3. The summed E-state index contributed by atoms with van der Waals surface area (Å²) < 4.78 is 11.3. The Balaban J connectivity index is 1.98. The van der Waals surface area contributed by atoms with Crippen molar-refractivity contribution in [2.75, 3.05) is 19.7 Å². The third kappa shape index (κ3) is 3.83. The highest BCUT2D eigenvalue weighted by Gasteiger charge is 2.42. The first-order valence-corrected chi connectivity index (χ1v) is 7.10. The van der Waals surface area contributed by atoms with Crippen LogP contribution in [0.25, 0.3) is 0 Å². The molecule has 1 amide bonds. The molecule has 2 heterocycles. The molecule has 2 saturated heterocycles. The number of piperidine rings is 1. The zero-order valence-corrected chi connectivity index (χ0v) is 12.1. The molecule has 0 aromatic heterocycles. The van der Waals surface area contributed by atoms with E-state index in [0.29, 0.717) is 32.5 Å². The molecular weight excluding hydrogens is 246 g/mol. The lowest BCUT2D eigenvalue weighted by Gasteiger charge is -2.46. The van der Waals surface area contributed by atoms with Crippen molar-refractivity contribution < 1.29 is 19.4 Å². The number of hydrogen-bond acceptors (Lipinski definition) is 4. The molecule has 5 nitrogen and oxygen atoms in total. The van der Waals surface area contributed by atoms with Crippen LogP contribution in [0.4, 0.5) is 4.79 Å². The van der Waals surface area contributed by atoms with Gasteiger partial charge in [0.1, 0.15) is 5.60 Å². The number of carbonyl (C=O) groups is 1. The fraction of sp³-hybridized carbons (Fsp3) is 0.929. The topological polar surface area (TPSA) is 59.0 Å². The predicted octanol–water partition coefficient (Wildman–Crippen LogP) is 1.93. The van der Waals surface area contributed by atoms with Crippen molar-refractivity contribution in [2.24, 2.45) is 0 Å². The molecule has 0 aliphatic carbocycles. The number of aliphatic hydroxyl groups excluding tert-OH is 1. The molecule has 2 rings (SSSR count). The molecule has 1 N–H and O–H groups in total. The lowest BCUT2D eigenvalue weighted by atomic mass is 9.84. The summed E-state index contributed by atoms with van der Waals surface area (Å²) in [6.45, 7) is 7.40. The lowest BCUT2D eigenvalue weighted by Crippen LogP contribution is -2.55. The Kier molecular flexibility index (Phi) is 4.06. The molecule has 2 aliphatic rings. The zero-order valence-electron chi connectivity index (χ0n) is 12.1. The highest BCUT2D eigenvalue weighted by molar-refractivity contribution is 5.68. The second kappa shape index (κ2) is 5.29. The summed E-state index contributed by atoms with van der Waals surface area (Å²) in [5.41, 5.74) is -0.846. The Morgan fingerprint density at radius 3 is 2.84 bits per heavy atom. The van der Waals surface area contributed by atoms with E-state index in [2.05, 4.69) is 0 Å². The minimum atomic E-state index is -0.478. The van der Waals surface area contributed by atoms with Crippen LogP contribution in [0.2, 0.25) is 0 Å². The van der Waals surface area contributed by atoms with Crippen molar-refractivity contribution in [3.05, 3.63) is 0 Å². The van der Waals surface area contributed by atoms with E-state index >= 15 is 0 Å². The van der Waals surface area contributed by atoms with E-state index in [1.807, 2.05) is 20.8 Å². The molecule has 5 heteroatoms. The summed E-state index contributed by atoms with van der Waals surface area (Å²) in [6.07, 6.45) is 2.51. The molecule has 0 aromatic rings. The van der Waals surface area contributed by atoms with Gasteiger partial charge in [-0.3, -0.25) is 0 Å². The molecule has 0 bridgehead atoms. The molecule has 0 aromatic carbocycles. The fourth-order valence-electron chi connectivity index (χ4n) is 2.87. The van der Waals surface area contributed by atoms with Crippen molar-refractivity contribution in [1.29, 1.82) is 0 Å². The van der Waals surface area contributed by atoms with Gasteiger partial charge < -0.3 is 19.5 Å². The SMILES string of the molecule is CC(C)(C)OC(=O)N1CCCC2(CC(O)CCO2)C1. The first kappa shape index (κ1) is 14.6. The van der Waals surface area contributed by atoms with E-state index in [4.69, 9.17) is 9.47 Å². The van der Waals surface area contributed by atoms with Gasteiger partial charge in [-0.05, 0) is 40.0 Å². The lowest BCUT2D eigenvalue weighted by molar-refractivity contribution is -0.145. The molecule has 2 atom stereocenters. The Hall–Kier alpha value is -0.810. The highest BCUT2D eigenvalue weighted by atomic mass is 16.6. The van der Waals surface area contributed by atoms with Crippen LogP contribution in [-0.4, -0.2) is 53.1 Å². The Morgan fingerprint density at radius 2 is 2.21 bits per heavy atom. The summed E-state index contributed by atoms with van der Waals surface area (Å²) in [4.78, 5) is 13.8. The summed E-state index contributed by atoms with van der Waals surface area (Å²) in [5, 5.41) is 9.82. The van der Waals surface area contributed by atoms with Gasteiger partial charge in [0.05, 0.1) is 18.2 Å². The van der Waals surface area contributed by atoms with Crippen LogP contribution in [0.3, 0.4) is 0 Å². The van der Waals surface area contributed by atoms with Crippen LogP contribution < -0.4 is 0 Å². The number of aliphatic hydroxyl groups is 1. The summed E-state index contributed by atoms with van der Waals surface area (Å²) in [5.74, 6) is 0. The van der Waals surface area contributed by atoms with Gasteiger partial charge >= 0.3 is 6.09 Å². The van der Waals surface area contributed by atoms with E-state index in [9.17, 15) is 9.90 Å². The monoisotopic (exact) mass is 271 g/mol. The van der Waals surface area contributed by atoms with Crippen LogP contribution in [-0.2, 0) is 9.47 Å². The van der Waals surface area contributed by atoms with E-state index in [1.165, 1.54) is 0 Å². The number of amides is 1. The van der Waals surface area contributed by atoms with Gasteiger partial charge in [0.25, 0.3) is 0 Å². The predicted molar refractivity (Wildman–Crippen MR) is 71.0 cm³/mol. The second-order valence-electron chi connectivity index (χ2n) is 6.68. The van der Waals surface area contributed by atoms with Gasteiger partial charge in [0.2, 0.25) is 0 Å². The van der Waals surface area contributed by atoms with Gasteiger partial charge in [-0.1, -0.05) is 0 Å². The van der Waals surface area contributed by atoms with E-state index in [0.717, 1.165) is 12.8 Å². The minimum Gasteiger partial charge on any atom is -0.444 e. The molecule has 0 radical (unpaired) electrons. The van der Waals surface area contributed by atoms with Crippen LogP contribution in [0, 0.1) is 0 Å². The van der Waals surface area contributed by atoms with Crippen molar-refractivity contribution >= 4 is 6.09 Å². The average Bonchev–Trinajstić information content (AvgIpc) is 2.26. The maximum atomic E-state index is 12.1. The molecule has 2 fully saturated rings. The molecule has 2 unspecified atom stereocenters. The van der Waals surface area contributed by atoms with Crippen LogP contribution in [0.15, 0.2) is 0 Å². The maximum absolute atomic E-state index is 12.1. The molecule has 1 spiro atoms. The second-order valence-corrected chi connectivity index (χ2v) is 6.68. The van der Waals surface area contributed by atoms with E-state index in [1.54, 1.807) is 4.90 Å². The normalized spacial score (nSPS) is 32.4. The van der Waals surface area contributed by atoms with Crippen LogP contribution >= 0.6 is 0 Å². The molecule has 0 saturated carbocycles. The third-order valence-corrected chi connectivity index (χ3v) is 3.66. The third-order valence-electron chi connectivity index (χ3n) is 3.66. The van der Waals surface area contributed by atoms with Crippen LogP contribution in [0.1, 0.15) is 46.5 Å². The van der Waals surface area contributed by atoms with Crippen LogP contribution in [0.5, 0.6) is 0 Å². The number of nitrogens with zero attached hydrogens (tertiary/aromatic N) is 1. The number of ether oxygens (including phenoxy) is 2. The van der Waals surface area contributed by atoms with Gasteiger partial charge in [-0.15, -0.1) is 0 Å². The van der Waals surface area contributed by atoms with Crippen molar-refractivity contribution in [1.82, 2.24) is 4.90 Å². The van der Waals surface area contributed by atoms with Gasteiger partial charge in [0, 0.05) is 19.6 Å². The quantitative estimate of drug-likeness (QED) is 0.731. The highest BCUT2D eigenvalue weighted by Crippen LogP contribution is 2.34. The van der Waals surface area contributed by atoms with Crippen molar-refractivity contribution in [3.63, 3.8) is 0 Å². The van der Waals surface area contributed by atoms with E-state index < -0.39 is 5.60 Å². The largest absolute Gasteiger partial charge is 0.444 e. The molecule has 19 heavy (non-hydrogen) atoms. The zero-order chi connectivity index (χ0) is 14.1. The molecular formula is C14H25NO4. The summed E-state index contributed by atoms with van der Waals surface area (Å²) in [7, 11) is 0. The smallest absolute Gasteiger partial charge is 0.410 e. The first-order valence-electron chi connectivity index (χ1n) is 7.10. The minimum absolute atomic E-state index is 0.282. The fourth-order valence-corrected chi connectivity index (χ4v) is 2.87. The number of carbonyl (C=O) groups excluding carboxylic acids is 1.